The predicted octanol–water partition coefficient (Wildman–Crippen LogP) is 3.03. The molecule has 21 heavy (non-hydrogen) atoms. The zero-order valence-electron chi connectivity index (χ0n) is 11.7. The first kappa shape index (κ1) is 15.1. The van der Waals surface area contributed by atoms with E-state index in [-0.39, 0.29) is 5.91 Å². The van der Waals surface area contributed by atoms with Crippen LogP contribution in [0.2, 0.25) is 5.02 Å². The molecule has 2 N–H and O–H groups in total. The molecule has 0 saturated carbocycles. The van der Waals surface area contributed by atoms with Crippen LogP contribution in [0, 0.1) is 13.8 Å². The molecule has 0 bridgehead atoms. The molecule has 0 aromatic heterocycles. The number of rotatable bonds is 2. The average Bonchev–Trinajstić information content (AvgIpc) is 2.47. The Kier molecular flexibility index (Phi) is 4.60. The van der Waals surface area contributed by atoms with Crippen molar-refractivity contribution in [3.8, 4) is 0 Å². The largest absolute Gasteiger partial charge is 0.271 e. The van der Waals surface area contributed by atoms with Crippen molar-refractivity contribution in [2.24, 2.45) is 0 Å². The number of carbonyl (C=O) groups excluding carboxylic acids is 2. The first-order valence-corrected chi connectivity index (χ1v) is 6.79. The van der Waals surface area contributed by atoms with Gasteiger partial charge in [0.25, 0.3) is 11.8 Å². The van der Waals surface area contributed by atoms with Crippen molar-refractivity contribution in [1.29, 1.82) is 0 Å². The summed E-state index contributed by atoms with van der Waals surface area (Å²) in [5.41, 5.74) is 7.40. The lowest BCUT2D eigenvalue weighted by Gasteiger charge is -2.10. The van der Waals surface area contributed by atoms with E-state index in [9.17, 15) is 9.59 Å². The number of amides is 2. The van der Waals surface area contributed by atoms with Crippen LogP contribution in [-0.2, 0) is 0 Å². The maximum absolute atomic E-state index is 12.1. The van der Waals surface area contributed by atoms with Gasteiger partial charge in [-0.3, -0.25) is 20.4 Å². The van der Waals surface area contributed by atoms with Gasteiger partial charge < -0.3 is 0 Å². The lowest BCUT2D eigenvalue weighted by molar-refractivity contribution is 0.0846. The van der Waals surface area contributed by atoms with E-state index in [4.69, 9.17) is 11.6 Å². The monoisotopic (exact) mass is 302 g/mol. The lowest BCUT2D eigenvalue weighted by Crippen LogP contribution is -2.42. The van der Waals surface area contributed by atoms with Crippen molar-refractivity contribution in [3.05, 3.63) is 69.7 Å². The van der Waals surface area contributed by atoms with Crippen LogP contribution in [0.3, 0.4) is 0 Å². The molecule has 2 amide bonds. The summed E-state index contributed by atoms with van der Waals surface area (Å²) in [6.45, 7) is 3.74. The molecule has 0 aliphatic carbocycles. The van der Waals surface area contributed by atoms with Crippen LogP contribution >= 0.6 is 11.6 Å². The van der Waals surface area contributed by atoms with Gasteiger partial charge in [-0.05, 0) is 37.6 Å². The molecule has 0 radical (unpaired) electrons. The fourth-order valence-corrected chi connectivity index (χ4v) is 2.10. The molecular formula is C16H15ClN2O2. The van der Waals surface area contributed by atoms with E-state index in [1.54, 1.807) is 30.3 Å². The molecule has 0 aliphatic heterocycles. The van der Waals surface area contributed by atoms with Crippen molar-refractivity contribution in [2.45, 2.75) is 13.8 Å². The molecule has 0 aliphatic rings. The van der Waals surface area contributed by atoms with Crippen LogP contribution in [0.4, 0.5) is 0 Å². The van der Waals surface area contributed by atoms with E-state index in [0.29, 0.717) is 16.1 Å². The molecule has 0 unspecified atom stereocenters. The highest BCUT2D eigenvalue weighted by atomic mass is 35.5. The maximum atomic E-state index is 12.1. The molecule has 5 heteroatoms. The number of hydrogen-bond acceptors (Lipinski definition) is 2. The first-order valence-electron chi connectivity index (χ1n) is 6.41. The van der Waals surface area contributed by atoms with Gasteiger partial charge in [-0.2, -0.15) is 0 Å². The van der Waals surface area contributed by atoms with Gasteiger partial charge in [0.15, 0.2) is 0 Å². The Labute approximate surface area is 128 Å². The van der Waals surface area contributed by atoms with Gasteiger partial charge in [0.05, 0.1) is 10.6 Å². The summed E-state index contributed by atoms with van der Waals surface area (Å²) in [4.78, 5) is 24.0. The normalized spacial score (nSPS) is 10.0. The number of hydrogen-bond donors (Lipinski definition) is 2. The number of hydrazine groups is 1. The third-order valence-electron chi connectivity index (χ3n) is 3.05. The molecule has 0 atom stereocenters. The molecule has 4 nitrogen and oxygen atoms in total. The Hall–Kier alpha value is -2.33. The number of aryl methyl sites for hydroxylation is 2. The molecular weight excluding hydrogens is 288 g/mol. The number of benzene rings is 2. The summed E-state index contributed by atoms with van der Waals surface area (Å²) in [6, 6.07) is 12.2. The van der Waals surface area contributed by atoms with Crippen LogP contribution in [0.5, 0.6) is 0 Å². The Bertz CT molecular complexity index is 698. The van der Waals surface area contributed by atoms with Crippen molar-refractivity contribution < 1.29 is 9.59 Å². The van der Waals surface area contributed by atoms with E-state index in [2.05, 4.69) is 10.9 Å². The summed E-state index contributed by atoms with van der Waals surface area (Å²) in [5.74, 6) is -0.823. The average molecular weight is 303 g/mol. The topological polar surface area (TPSA) is 58.2 Å². The van der Waals surface area contributed by atoms with Gasteiger partial charge in [0.2, 0.25) is 0 Å². The van der Waals surface area contributed by atoms with Crippen LogP contribution in [0.25, 0.3) is 0 Å². The van der Waals surface area contributed by atoms with Gasteiger partial charge in [-0.1, -0.05) is 41.4 Å². The molecule has 108 valence electrons. The van der Waals surface area contributed by atoms with E-state index in [1.807, 2.05) is 26.0 Å². The third-order valence-corrected chi connectivity index (χ3v) is 3.38. The Morgan fingerprint density at radius 3 is 2.19 bits per heavy atom. The van der Waals surface area contributed by atoms with Crippen LogP contribution in [-0.4, -0.2) is 11.8 Å². The summed E-state index contributed by atoms with van der Waals surface area (Å²) < 4.78 is 0. The third kappa shape index (κ3) is 3.61. The van der Waals surface area contributed by atoms with Crippen molar-refractivity contribution in [2.75, 3.05) is 0 Å². The molecule has 2 rings (SSSR count). The van der Waals surface area contributed by atoms with E-state index < -0.39 is 5.91 Å². The van der Waals surface area contributed by atoms with Crippen LogP contribution in [0.15, 0.2) is 42.5 Å². The van der Waals surface area contributed by atoms with Crippen molar-refractivity contribution in [1.82, 2.24) is 10.9 Å². The van der Waals surface area contributed by atoms with Crippen LogP contribution < -0.4 is 10.9 Å². The molecule has 2 aromatic carbocycles. The van der Waals surface area contributed by atoms with Crippen LogP contribution in [0.1, 0.15) is 31.8 Å². The highest BCUT2D eigenvalue weighted by Crippen LogP contribution is 2.14. The smallest absolute Gasteiger partial charge is 0.267 e. The first-order chi connectivity index (χ1) is 9.99. The zero-order valence-corrected chi connectivity index (χ0v) is 12.5. The molecule has 2 aromatic rings. The summed E-state index contributed by atoms with van der Waals surface area (Å²) in [7, 11) is 0. The minimum atomic E-state index is -0.459. The van der Waals surface area contributed by atoms with Gasteiger partial charge >= 0.3 is 0 Å². The standard InChI is InChI=1S/C16H15ClN2O2/c1-10-7-8-11(2)13(9-10)16(21)19-18-15(20)12-5-3-4-6-14(12)17/h3-9H,1-2H3,(H,18,20)(H,19,21). The number of carbonyl (C=O) groups is 2. The molecule has 0 spiro atoms. The SMILES string of the molecule is Cc1ccc(C)c(C(=O)NNC(=O)c2ccccc2Cl)c1. The van der Waals surface area contributed by atoms with Gasteiger partial charge in [-0.25, -0.2) is 0 Å². The fourth-order valence-electron chi connectivity index (χ4n) is 1.87. The second-order valence-electron chi connectivity index (χ2n) is 4.71. The quantitative estimate of drug-likeness (QED) is 0.838. The minimum Gasteiger partial charge on any atom is -0.267 e. The lowest BCUT2D eigenvalue weighted by atomic mass is 10.1. The summed E-state index contributed by atoms with van der Waals surface area (Å²) in [5, 5.41) is 0.330. The van der Waals surface area contributed by atoms with Gasteiger partial charge in [0.1, 0.15) is 0 Å². The molecule has 0 heterocycles. The zero-order chi connectivity index (χ0) is 15.4. The van der Waals surface area contributed by atoms with E-state index in [0.717, 1.165) is 11.1 Å². The highest BCUT2D eigenvalue weighted by Gasteiger charge is 2.13. The highest BCUT2D eigenvalue weighted by molar-refractivity contribution is 6.33. The van der Waals surface area contributed by atoms with E-state index >= 15 is 0 Å². The van der Waals surface area contributed by atoms with Gasteiger partial charge in [0, 0.05) is 5.56 Å². The predicted molar refractivity (Wildman–Crippen MR) is 82.3 cm³/mol. The Morgan fingerprint density at radius 2 is 1.52 bits per heavy atom. The second-order valence-corrected chi connectivity index (χ2v) is 5.11. The Morgan fingerprint density at radius 1 is 0.905 bits per heavy atom. The molecule has 0 fully saturated rings. The molecule has 0 saturated heterocycles. The second kappa shape index (κ2) is 6.41. The van der Waals surface area contributed by atoms with E-state index in [1.165, 1.54) is 0 Å². The Balaban J connectivity index is 2.06. The fraction of sp³-hybridized carbons (Fsp3) is 0.125. The van der Waals surface area contributed by atoms with Gasteiger partial charge in [-0.15, -0.1) is 0 Å². The summed E-state index contributed by atoms with van der Waals surface area (Å²) in [6.07, 6.45) is 0. The maximum Gasteiger partial charge on any atom is 0.271 e. The minimum absolute atomic E-state index is 0.306. The number of halogens is 1. The number of nitrogens with one attached hydrogen (secondary N) is 2. The van der Waals surface area contributed by atoms with Crippen molar-refractivity contribution >= 4 is 23.4 Å². The summed E-state index contributed by atoms with van der Waals surface area (Å²) >= 11 is 5.92. The van der Waals surface area contributed by atoms with Crippen molar-refractivity contribution in [3.63, 3.8) is 0 Å².